The number of hydrogen-bond acceptors (Lipinski definition) is 4. The monoisotopic (exact) mass is 467 g/mol. The van der Waals surface area contributed by atoms with Crippen molar-refractivity contribution in [3.8, 4) is 5.69 Å². The highest BCUT2D eigenvalue weighted by atomic mass is 79.9. The molecule has 0 unspecified atom stereocenters. The molecule has 0 atom stereocenters. The second kappa shape index (κ2) is 8.14. The predicted molar refractivity (Wildman–Crippen MR) is 119 cm³/mol. The van der Waals surface area contributed by atoms with E-state index in [1.54, 1.807) is 17.0 Å². The van der Waals surface area contributed by atoms with Crippen LogP contribution in [-0.2, 0) is 4.79 Å². The summed E-state index contributed by atoms with van der Waals surface area (Å²) >= 11 is 9.99. The minimum Gasteiger partial charge on any atom is -0.267 e. The molecule has 6 nitrogen and oxygen atoms in total. The average Bonchev–Trinajstić information content (AvgIpc) is 3.21. The number of carbonyl (C=O) groups is 1. The molecule has 3 aromatic rings. The zero-order valence-electron chi connectivity index (χ0n) is 15.3. The molecule has 0 bridgehead atoms. The first-order chi connectivity index (χ1) is 14.0. The number of aliphatic imine (C=N–C) groups is 1. The number of nitrogens with zero attached hydrogens (tertiary/aromatic N) is 4. The standard InChI is InChI=1S/C21H15BrClN5O/c1-13-17(19(23)28(27-13)16-8-3-2-4-9-16)11-18-20(25-26-21(18)29)24-12-14-6-5-7-15(22)10-14/h2-12H,1H3,(H,26,29)/b18-11-,24-12?. The number of hydrogen-bond donors (Lipinski definition) is 1. The Hall–Kier alpha value is -3.03. The summed E-state index contributed by atoms with van der Waals surface area (Å²) in [4.78, 5) is 16.7. The molecule has 0 radical (unpaired) electrons. The first-order valence-electron chi connectivity index (χ1n) is 8.73. The molecule has 1 amide bonds. The summed E-state index contributed by atoms with van der Waals surface area (Å²) in [5.41, 5.74) is 5.84. The molecule has 144 valence electrons. The zero-order valence-corrected chi connectivity index (χ0v) is 17.6. The van der Waals surface area contributed by atoms with Gasteiger partial charge >= 0.3 is 0 Å². The van der Waals surface area contributed by atoms with Crippen LogP contribution < -0.4 is 5.43 Å². The van der Waals surface area contributed by atoms with Crippen molar-refractivity contribution in [2.24, 2.45) is 10.1 Å². The molecule has 2 aromatic carbocycles. The molecule has 0 fully saturated rings. The normalized spacial score (nSPS) is 15.2. The van der Waals surface area contributed by atoms with E-state index in [2.05, 4.69) is 36.5 Å². The highest BCUT2D eigenvalue weighted by Crippen LogP contribution is 2.26. The minimum atomic E-state index is -0.339. The third kappa shape index (κ3) is 4.06. The number of nitrogens with one attached hydrogen (secondary N) is 1. The van der Waals surface area contributed by atoms with Crippen molar-refractivity contribution in [3.05, 3.63) is 86.6 Å². The van der Waals surface area contributed by atoms with Gasteiger partial charge in [0.15, 0.2) is 5.84 Å². The highest BCUT2D eigenvalue weighted by molar-refractivity contribution is 9.10. The lowest BCUT2D eigenvalue weighted by atomic mass is 10.1. The van der Waals surface area contributed by atoms with Gasteiger partial charge in [0.2, 0.25) is 0 Å². The fourth-order valence-electron chi connectivity index (χ4n) is 2.84. The lowest BCUT2D eigenvalue weighted by Crippen LogP contribution is -2.12. The fraction of sp³-hybridized carbons (Fsp3) is 0.0476. The summed E-state index contributed by atoms with van der Waals surface area (Å²) in [7, 11) is 0. The largest absolute Gasteiger partial charge is 0.275 e. The van der Waals surface area contributed by atoms with E-state index in [-0.39, 0.29) is 11.7 Å². The van der Waals surface area contributed by atoms with Gasteiger partial charge in [-0.15, -0.1) is 0 Å². The second-order valence-electron chi connectivity index (χ2n) is 6.28. The van der Waals surface area contributed by atoms with E-state index in [9.17, 15) is 4.79 Å². The van der Waals surface area contributed by atoms with Crippen molar-refractivity contribution in [2.75, 3.05) is 0 Å². The molecule has 29 heavy (non-hydrogen) atoms. The second-order valence-corrected chi connectivity index (χ2v) is 7.56. The van der Waals surface area contributed by atoms with E-state index >= 15 is 0 Å². The number of hydrazone groups is 1. The van der Waals surface area contributed by atoms with Gasteiger partial charge in [-0.1, -0.05) is 57.9 Å². The van der Waals surface area contributed by atoms with Crippen molar-refractivity contribution in [1.82, 2.24) is 15.2 Å². The van der Waals surface area contributed by atoms with Crippen LogP contribution >= 0.6 is 27.5 Å². The molecule has 1 aliphatic heterocycles. The summed E-state index contributed by atoms with van der Waals surface area (Å²) in [5, 5.41) is 8.94. The molecular weight excluding hydrogens is 454 g/mol. The lowest BCUT2D eigenvalue weighted by molar-refractivity contribution is -0.116. The predicted octanol–water partition coefficient (Wildman–Crippen LogP) is 4.54. The number of carbonyl (C=O) groups excluding carboxylic acids is 1. The van der Waals surface area contributed by atoms with Gasteiger partial charge in [0, 0.05) is 16.3 Å². The Morgan fingerprint density at radius 3 is 2.72 bits per heavy atom. The molecule has 1 aliphatic rings. The smallest absolute Gasteiger partial charge is 0.267 e. The summed E-state index contributed by atoms with van der Waals surface area (Å²) in [6, 6.07) is 17.2. The van der Waals surface area contributed by atoms with Gasteiger partial charge in [-0.05, 0) is 42.8 Å². The zero-order chi connectivity index (χ0) is 20.4. The van der Waals surface area contributed by atoms with Gasteiger partial charge in [-0.2, -0.15) is 10.2 Å². The Labute approximate surface area is 180 Å². The van der Waals surface area contributed by atoms with Crippen molar-refractivity contribution in [3.63, 3.8) is 0 Å². The molecule has 0 spiro atoms. The van der Waals surface area contributed by atoms with E-state index < -0.39 is 0 Å². The van der Waals surface area contributed by atoms with Crippen LogP contribution in [0.4, 0.5) is 0 Å². The van der Waals surface area contributed by atoms with Crippen LogP contribution in [0, 0.1) is 6.92 Å². The molecule has 2 heterocycles. The van der Waals surface area contributed by atoms with E-state index in [1.165, 1.54) is 0 Å². The summed E-state index contributed by atoms with van der Waals surface area (Å²) in [6.07, 6.45) is 3.32. The van der Waals surface area contributed by atoms with Gasteiger partial charge in [-0.25, -0.2) is 15.1 Å². The molecule has 0 saturated heterocycles. The molecule has 1 aromatic heterocycles. The van der Waals surface area contributed by atoms with Crippen molar-refractivity contribution < 1.29 is 4.79 Å². The van der Waals surface area contributed by atoms with Crippen LogP contribution in [0.15, 0.2) is 74.7 Å². The lowest BCUT2D eigenvalue weighted by Gasteiger charge is -2.02. The number of rotatable bonds is 3. The summed E-state index contributed by atoms with van der Waals surface area (Å²) in [6.45, 7) is 1.84. The van der Waals surface area contributed by atoms with Gasteiger partial charge in [0.1, 0.15) is 5.15 Å². The number of para-hydroxylation sites is 1. The molecule has 0 saturated carbocycles. The Balaban J connectivity index is 1.69. The topological polar surface area (TPSA) is 71.6 Å². The van der Waals surface area contributed by atoms with E-state index in [1.807, 2.05) is 61.5 Å². The number of halogens is 2. The van der Waals surface area contributed by atoms with E-state index in [4.69, 9.17) is 11.6 Å². The van der Waals surface area contributed by atoms with E-state index in [0.717, 1.165) is 15.7 Å². The quantitative estimate of drug-likeness (QED) is 0.453. The molecule has 0 aliphatic carbocycles. The number of aromatic nitrogens is 2. The van der Waals surface area contributed by atoms with Gasteiger partial charge < -0.3 is 0 Å². The average molecular weight is 469 g/mol. The maximum Gasteiger partial charge on any atom is 0.275 e. The highest BCUT2D eigenvalue weighted by Gasteiger charge is 2.24. The Bertz CT molecular complexity index is 1180. The number of benzene rings is 2. The third-order valence-electron chi connectivity index (χ3n) is 4.27. The Kier molecular flexibility index (Phi) is 5.42. The maximum absolute atomic E-state index is 12.3. The Morgan fingerprint density at radius 2 is 1.97 bits per heavy atom. The first-order valence-corrected chi connectivity index (χ1v) is 9.90. The van der Waals surface area contributed by atoms with Crippen LogP contribution in [-0.4, -0.2) is 27.7 Å². The molecule has 8 heteroatoms. The van der Waals surface area contributed by atoms with Gasteiger partial charge in [-0.3, -0.25) is 4.79 Å². The third-order valence-corrected chi connectivity index (χ3v) is 5.13. The van der Waals surface area contributed by atoms with E-state index in [0.29, 0.717) is 22.0 Å². The van der Waals surface area contributed by atoms with Crippen molar-refractivity contribution in [2.45, 2.75) is 6.92 Å². The van der Waals surface area contributed by atoms with Crippen LogP contribution in [0.5, 0.6) is 0 Å². The fourth-order valence-corrected chi connectivity index (χ4v) is 3.58. The first kappa shape index (κ1) is 19.3. The number of amidine groups is 1. The Morgan fingerprint density at radius 1 is 1.17 bits per heavy atom. The van der Waals surface area contributed by atoms with Crippen LogP contribution in [0.3, 0.4) is 0 Å². The van der Waals surface area contributed by atoms with Gasteiger partial charge in [0.05, 0.1) is 17.0 Å². The van der Waals surface area contributed by atoms with Crippen LogP contribution in [0.1, 0.15) is 16.8 Å². The van der Waals surface area contributed by atoms with Crippen molar-refractivity contribution in [1.29, 1.82) is 0 Å². The number of amides is 1. The van der Waals surface area contributed by atoms with Crippen molar-refractivity contribution >= 4 is 51.6 Å². The SMILES string of the molecule is Cc1nn(-c2ccccc2)c(Cl)c1/C=C1\C(=O)NN=C1N=Cc1cccc(Br)c1. The summed E-state index contributed by atoms with van der Waals surface area (Å²) in [5.74, 6) is -0.0489. The minimum absolute atomic E-state index is 0.290. The van der Waals surface area contributed by atoms with Crippen LogP contribution in [0.25, 0.3) is 11.8 Å². The van der Waals surface area contributed by atoms with Gasteiger partial charge in [0.25, 0.3) is 5.91 Å². The molecular formula is C21H15BrClN5O. The maximum atomic E-state index is 12.3. The number of aryl methyl sites for hydroxylation is 1. The van der Waals surface area contributed by atoms with Crippen LogP contribution in [0.2, 0.25) is 5.15 Å². The molecule has 1 N–H and O–H groups in total. The molecule has 4 rings (SSSR count). The summed E-state index contributed by atoms with van der Waals surface area (Å²) < 4.78 is 2.58.